The van der Waals surface area contributed by atoms with Crippen molar-refractivity contribution in [1.29, 1.82) is 0 Å². The zero-order valence-corrected chi connectivity index (χ0v) is 26.9. The van der Waals surface area contributed by atoms with Crippen molar-refractivity contribution in [3.63, 3.8) is 0 Å². The minimum Gasteiger partial charge on any atom is -0.444 e. The van der Waals surface area contributed by atoms with Gasteiger partial charge < -0.3 is 30.8 Å². The Morgan fingerprint density at radius 3 is 1.98 bits per heavy atom. The lowest BCUT2D eigenvalue weighted by molar-refractivity contribution is -0.130. The third-order valence-electron chi connectivity index (χ3n) is 6.59. The van der Waals surface area contributed by atoms with E-state index in [0.717, 1.165) is 11.1 Å². The third kappa shape index (κ3) is 12.4. The predicted octanol–water partition coefficient (Wildman–Crippen LogP) is 3.80. The van der Waals surface area contributed by atoms with Crippen molar-refractivity contribution in [2.45, 2.75) is 89.0 Å². The van der Waals surface area contributed by atoms with E-state index in [4.69, 9.17) is 4.74 Å². The lowest BCUT2D eigenvalue weighted by Gasteiger charge is -2.28. The molecule has 3 rings (SSSR count). The second kappa shape index (κ2) is 16.9. The molecule has 44 heavy (non-hydrogen) atoms. The van der Waals surface area contributed by atoms with Gasteiger partial charge in [0, 0.05) is 30.5 Å². The van der Waals surface area contributed by atoms with E-state index in [1.54, 1.807) is 38.7 Å². The fourth-order valence-electron chi connectivity index (χ4n) is 4.45. The van der Waals surface area contributed by atoms with E-state index in [1.807, 2.05) is 60.7 Å². The summed E-state index contributed by atoms with van der Waals surface area (Å²) in [6, 6.07) is 16.3. The fraction of sp³-hybridized carbons (Fsp3) is 0.455. The van der Waals surface area contributed by atoms with Crippen molar-refractivity contribution in [2.24, 2.45) is 0 Å². The van der Waals surface area contributed by atoms with E-state index in [0.29, 0.717) is 23.1 Å². The first-order valence-electron chi connectivity index (χ1n) is 14.8. The predicted molar refractivity (Wildman–Crippen MR) is 173 cm³/mol. The van der Waals surface area contributed by atoms with Gasteiger partial charge in [0.2, 0.25) is 11.8 Å². The lowest BCUT2D eigenvalue weighted by Crippen LogP contribution is -2.58. The first kappa shape index (κ1) is 34.7. The summed E-state index contributed by atoms with van der Waals surface area (Å²) in [5.74, 6) is -0.570. The molecule has 0 saturated heterocycles. The SMILES string of the molecule is CC(C)SC[C@H](O)[C@H](Cc1ccccc1)NC(=O)[C@H](Cc1cnc[nH]1)NC(=O)[C@H](Cc1ccccc1)NC(=O)OC(C)(C)C. The van der Waals surface area contributed by atoms with Gasteiger partial charge in [-0.1, -0.05) is 74.5 Å². The molecule has 2 aromatic carbocycles. The van der Waals surface area contributed by atoms with Gasteiger partial charge in [-0.15, -0.1) is 0 Å². The molecule has 4 atom stereocenters. The van der Waals surface area contributed by atoms with Gasteiger partial charge in [-0.2, -0.15) is 11.8 Å². The molecule has 10 nitrogen and oxygen atoms in total. The first-order valence-corrected chi connectivity index (χ1v) is 15.9. The molecule has 0 bridgehead atoms. The van der Waals surface area contributed by atoms with Crippen molar-refractivity contribution in [3.8, 4) is 0 Å². The number of hydrogen-bond donors (Lipinski definition) is 5. The Hall–Kier alpha value is -3.83. The smallest absolute Gasteiger partial charge is 0.408 e. The number of imidazole rings is 1. The quantitative estimate of drug-likeness (QED) is 0.173. The van der Waals surface area contributed by atoms with Gasteiger partial charge in [-0.05, 0) is 43.6 Å². The van der Waals surface area contributed by atoms with E-state index in [1.165, 1.54) is 6.33 Å². The number of H-pyrrole nitrogens is 1. The van der Waals surface area contributed by atoms with E-state index >= 15 is 0 Å². The number of aromatic amines is 1. The van der Waals surface area contributed by atoms with Crippen molar-refractivity contribution < 1.29 is 24.2 Å². The minimum absolute atomic E-state index is 0.122. The van der Waals surface area contributed by atoms with Crippen LogP contribution in [0.3, 0.4) is 0 Å². The second-order valence-electron chi connectivity index (χ2n) is 12.0. The van der Waals surface area contributed by atoms with Crippen molar-refractivity contribution in [2.75, 3.05) is 5.75 Å². The zero-order chi connectivity index (χ0) is 32.1. The number of amides is 3. The highest BCUT2D eigenvalue weighted by molar-refractivity contribution is 7.99. The summed E-state index contributed by atoms with van der Waals surface area (Å²) in [5.41, 5.74) is 1.67. The number of carbonyl (C=O) groups excluding carboxylic acids is 3. The first-order chi connectivity index (χ1) is 20.9. The maximum absolute atomic E-state index is 13.8. The summed E-state index contributed by atoms with van der Waals surface area (Å²) in [4.78, 5) is 47.3. The van der Waals surface area contributed by atoms with Crippen LogP contribution in [0.4, 0.5) is 4.79 Å². The number of benzene rings is 2. The molecule has 1 aromatic heterocycles. The average molecular weight is 624 g/mol. The summed E-state index contributed by atoms with van der Waals surface area (Å²) in [5, 5.41) is 20.0. The Balaban J connectivity index is 1.83. The molecule has 0 spiro atoms. The minimum atomic E-state index is -1.02. The monoisotopic (exact) mass is 623 g/mol. The summed E-state index contributed by atoms with van der Waals surface area (Å²) >= 11 is 1.61. The standard InChI is InChI=1S/C33H45N5O5S/c1-22(2)44-20-29(39)26(16-23-12-8-6-9-13-23)36-31(41)28(18-25-19-34-21-35-25)37-30(40)27(17-24-14-10-7-11-15-24)38-32(42)43-33(3,4)5/h6-15,19,21-22,26-29,39H,16-18,20H2,1-5H3,(H,34,35)(H,36,41)(H,37,40)(H,38,42)/t26-,27-,28-,29-/m0/s1. The maximum atomic E-state index is 13.8. The molecule has 0 saturated carbocycles. The highest BCUT2D eigenvalue weighted by Crippen LogP contribution is 2.16. The summed E-state index contributed by atoms with van der Waals surface area (Å²) in [6.07, 6.45) is 2.24. The van der Waals surface area contributed by atoms with Gasteiger partial charge in [0.1, 0.15) is 17.7 Å². The van der Waals surface area contributed by atoms with Crippen molar-refractivity contribution >= 4 is 29.7 Å². The van der Waals surface area contributed by atoms with Crippen molar-refractivity contribution in [1.82, 2.24) is 25.9 Å². The van der Waals surface area contributed by atoms with Crippen LogP contribution in [0.5, 0.6) is 0 Å². The number of thioether (sulfide) groups is 1. The number of nitrogens with zero attached hydrogens (tertiary/aromatic N) is 1. The van der Waals surface area contributed by atoms with E-state index in [-0.39, 0.29) is 12.8 Å². The number of aromatic nitrogens is 2. The Bertz CT molecular complexity index is 1300. The van der Waals surface area contributed by atoms with Gasteiger partial charge in [-0.25, -0.2) is 9.78 Å². The third-order valence-corrected chi connectivity index (χ3v) is 7.79. The van der Waals surface area contributed by atoms with Crippen LogP contribution in [0.1, 0.15) is 51.4 Å². The number of hydrogen-bond acceptors (Lipinski definition) is 7. The largest absolute Gasteiger partial charge is 0.444 e. The van der Waals surface area contributed by atoms with Gasteiger partial charge in [0.15, 0.2) is 0 Å². The molecular weight excluding hydrogens is 578 g/mol. The molecule has 3 aromatic rings. The summed E-state index contributed by atoms with van der Waals surface area (Å²) in [6.45, 7) is 9.32. The van der Waals surface area contributed by atoms with Crippen LogP contribution in [0.25, 0.3) is 0 Å². The highest BCUT2D eigenvalue weighted by Gasteiger charge is 2.31. The highest BCUT2D eigenvalue weighted by atomic mass is 32.2. The van der Waals surface area contributed by atoms with Crippen molar-refractivity contribution in [3.05, 3.63) is 90.0 Å². The molecule has 11 heteroatoms. The fourth-order valence-corrected chi connectivity index (χ4v) is 5.26. The van der Waals surface area contributed by atoms with Gasteiger partial charge in [0.25, 0.3) is 0 Å². The molecule has 3 amide bonds. The van der Waals surface area contributed by atoms with Gasteiger partial charge in [-0.3, -0.25) is 9.59 Å². The van der Waals surface area contributed by atoms with Crippen LogP contribution in [-0.2, 0) is 33.6 Å². The van der Waals surface area contributed by atoms with Crippen LogP contribution in [0, 0.1) is 0 Å². The van der Waals surface area contributed by atoms with Crippen LogP contribution in [0.2, 0.25) is 0 Å². The number of nitrogens with one attached hydrogen (secondary N) is 4. The second-order valence-corrected chi connectivity index (χ2v) is 13.6. The van der Waals surface area contributed by atoms with Crippen LogP contribution < -0.4 is 16.0 Å². The number of alkyl carbamates (subject to hydrolysis) is 1. The molecule has 0 unspecified atom stereocenters. The van der Waals surface area contributed by atoms with Crippen LogP contribution in [0.15, 0.2) is 73.2 Å². The van der Waals surface area contributed by atoms with Crippen LogP contribution in [-0.4, -0.2) is 73.8 Å². The van der Waals surface area contributed by atoms with E-state index in [2.05, 4.69) is 39.8 Å². The molecule has 0 fully saturated rings. The Kier molecular flexibility index (Phi) is 13.3. The van der Waals surface area contributed by atoms with Gasteiger partial charge >= 0.3 is 6.09 Å². The molecular formula is C33H45N5O5S. The normalized spacial score (nSPS) is 14.2. The topological polar surface area (TPSA) is 145 Å². The molecule has 0 aliphatic heterocycles. The molecule has 0 aliphatic rings. The number of ether oxygens (including phenoxy) is 1. The van der Waals surface area contributed by atoms with Crippen LogP contribution >= 0.6 is 11.8 Å². The Morgan fingerprint density at radius 2 is 1.43 bits per heavy atom. The van der Waals surface area contributed by atoms with Gasteiger partial charge in [0.05, 0.1) is 18.5 Å². The summed E-state index contributed by atoms with van der Waals surface area (Å²) < 4.78 is 5.42. The number of carbonyl (C=O) groups is 3. The molecule has 0 aliphatic carbocycles. The molecule has 0 radical (unpaired) electrons. The molecule has 238 valence electrons. The number of aliphatic hydroxyl groups is 1. The van der Waals surface area contributed by atoms with E-state index < -0.39 is 47.7 Å². The molecule has 5 N–H and O–H groups in total. The number of rotatable bonds is 15. The Labute approximate surface area is 264 Å². The zero-order valence-electron chi connectivity index (χ0n) is 26.1. The Morgan fingerprint density at radius 1 is 0.864 bits per heavy atom. The molecule has 1 heterocycles. The lowest BCUT2D eigenvalue weighted by atomic mass is 10.0. The average Bonchev–Trinajstić information content (AvgIpc) is 3.48. The summed E-state index contributed by atoms with van der Waals surface area (Å²) in [7, 11) is 0. The maximum Gasteiger partial charge on any atom is 0.408 e. The number of aliphatic hydroxyl groups excluding tert-OH is 1. The van der Waals surface area contributed by atoms with E-state index in [9.17, 15) is 19.5 Å².